The van der Waals surface area contributed by atoms with Crippen LogP contribution in [0.3, 0.4) is 0 Å². The Bertz CT molecular complexity index is 386. The van der Waals surface area contributed by atoms with E-state index in [9.17, 15) is 0 Å². The van der Waals surface area contributed by atoms with Gasteiger partial charge in [0.2, 0.25) is 0 Å². The molecule has 0 aliphatic heterocycles. The normalized spacial score (nSPS) is 16.8. The first-order chi connectivity index (χ1) is 7.28. The van der Waals surface area contributed by atoms with Crippen LogP contribution in [-0.2, 0) is 0 Å². The van der Waals surface area contributed by atoms with Gasteiger partial charge in [-0.3, -0.25) is 0 Å². The van der Waals surface area contributed by atoms with Gasteiger partial charge in [0.15, 0.2) is 0 Å². The molecule has 0 bridgehead atoms. The minimum absolute atomic E-state index is 0.544. The molecule has 0 spiro atoms. The van der Waals surface area contributed by atoms with Crippen molar-refractivity contribution < 1.29 is 0 Å². The number of rotatable bonds is 4. The first-order valence-corrected chi connectivity index (χ1v) is 5.52. The van der Waals surface area contributed by atoms with Crippen LogP contribution in [0.4, 0.5) is 5.69 Å². The lowest BCUT2D eigenvalue weighted by molar-refractivity contribution is 0.521. The molecule has 0 radical (unpaired) electrons. The highest BCUT2D eigenvalue weighted by molar-refractivity contribution is 5.49. The average molecular weight is 200 g/mol. The Balaban J connectivity index is 1.96. The van der Waals surface area contributed by atoms with Gasteiger partial charge in [-0.25, -0.2) is 0 Å². The van der Waals surface area contributed by atoms with Crippen molar-refractivity contribution in [2.45, 2.75) is 26.2 Å². The van der Waals surface area contributed by atoms with Crippen molar-refractivity contribution in [3.8, 4) is 6.07 Å². The van der Waals surface area contributed by atoms with Crippen LogP contribution in [0.15, 0.2) is 24.3 Å². The molecule has 0 heterocycles. The maximum atomic E-state index is 8.77. The van der Waals surface area contributed by atoms with E-state index < -0.39 is 0 Å². The number of nitrogens with one attached hydrogen (secondary N) is 1. The average Bonchev–Trinajstić information content (AvgIpc) is 3.07. The molecule has 1 saturated carbocycles. The maximum absolute atomic E-state index is 8.77. The molecule has 15 heavy (non-hydrogen) atoms. The van der Waals surface area contributed by atoms with Gasteiger partial charge in [-0.15, -0.1) is 0 Å². The van der Waals surface area contributed by atoms with Gasteiger partial charge in [0, 0.05) is 12.2 Å². The van der Waals surface area contributed by atoms with Crippen LogP contribution < -0.4 is 5.32 Å². The molecule has 2 rings (SSSR count). The lowest BCUT2D eigenvalue weighted by Crippen LogP contribution is -2.14. The van der Waals surface area contributed by atoms with E-state index in [0.717, 1.165) is 17.8 Å². The third kappa shape index (κ3) is 2.30. The van der Waals surface area contributed by atoms with E-state index in [-0.39, 0.29) is 0 Å². The number of benzene rings is 1. The molecule has 0 aromatic heterocycles. The Labute approximate surface area is 90.9 Å². The molecule has 1 aliphatic rings. The van der Waals surface area contributed by atoms with Gasteiger partial charge in [-0.2, -0.15) is 5.26 Å². The zero-order valence-corrected chi connectivity index (χ0v) is 9.09. The van der Waals surface area contributed by atoms with Gasteiger partial charge in [-0.05, 0) is 42.9 Å². The Kier molecular flexibility index (Phi) is 2.64. The lowest BCUT2D eigenvalue weighted by Gasteiger charge is -2.14. The summed E-state index contributed by atoms with van der Waals surface area (Å²) in [6.07, 6.45) is 3.93. The van der Waals surface area contributed by atoms with Crippen molar-refractivity contribution in [1.82, 2.24) is 0 Å². The molecular formula is C13H16N2. The molecule has 0 amide bonds. The number of hydrogen-bond acceptors (Lipinski definition) is 2. The van der Waals surface area contributed by atoms with Crippen LogP contribution in [0, 0.1) is 16.7 Å². The third-order valence-corrected chi connectivity index (χ3v) is 3.37. The zero-order chi connectivity index (χ0) is 10.7. The van der Waals surface area contributed by atoms with E-state index in [0.29, 0.717) is 5.41 Å². The van der Waals surface area contributed by atoms with E-state index in [1.165, 1.54) is 19.3 Å². The second kappa shape index (κ2) is 3.94. The molecule has 1 aromatic carbocycles. The standard InChI is InChI=1S/C13H16N2/c1-2-13(6-7-13)10-15-12-5-3-4-11(8-12)9-14/h3-5,8,15H,2,6-7,10H2,1H3. The summed E-state index contributed by atoms with van der Waals surface area (Å²) < 4.78 is 0. The lowest BCUT2D eigenvalue weighted by atomic mass is 10.0. The highest BCUT2D eigenvalue weighted by atomic mass is 14.9. The molecule has 1 aliphatic carbocycles. The summed E-state index contributed by atoms with van der Waals surface area (Å²) >= 11 is 0. The highest BCUT2D eigenvalue weighted by Gasteiger charge is 2.40. The van der Waals surface area contributed by atoms with E-state index in [2.05, 4.69) is 18.3 Å². The van der Waals surface area contributed by atoms with Crippen LogP contribution in [0.2, 0.25) is 0 Å². The van der Waals surface area contributed by atoms with Crippen LogP contribution in [0.1, 0.15) is 31.7 Å². The number of nitrogens with zero attached hydrogens (tertiary/aromatic N) is 1. The van der Waals surface area contributed by atoms with Crippen LogP contribution in [0.5, 0.6) is 0 Å². The van der Waals surface area contributed by atoms with Gasteiger partial charge in [0.05, 0.1) is 11.6 Å². The predicted molar refractivity (Wildman–Crippen MR) is 61.6 cm³/mol. The van der Waals surface area contributed by atoms with E-state index in [1.807, 2.05) is 24.3 Å². The van der Waals surface area contributed by atoms with Crippen molar-refractivity contribution in [3.05, 3.63) is 29.8 Å². The SMILES string of the molecule is CCC1(CNc2cccc(C#N)c2)CC1. The van der Waals surface area contributed by atoms with Gasteiger partial charge in [0.25, 0.3) is 0 Å². The highest BCUT2D eigenvalue weighted by Crippen LogP contribution is 2.48. The minimum atomic E-state index is 0.544. The fourth-order valence-electron chi connectivity index (χ4n) is 1.82. The maximum Gasteiger partial charge on any atom is 0.0992 e. The molecule has 78 valence electrons. The molecule has 1 aromatic rings. The van der Waals surface area contributed by atoms with E-state index in [4.69, 9.17) is 5.26 Å². The Hall–Kier alpha value is -1.49. The summed E-state index contributed by atoms with van der Waals surface area (Å²) in [7, 11) is 0. The van der Waals surface area contributed by atoms with Crippen molar-refractivity contribution in [2.75, 3.05) is 11.9 Å². The van der Waals surface area contributed by atoms with E-state index >= 15 is 0 Å². The van der Waals surface area contributed by atoms with Gasteiger partial charge in [-0.1, -0.05) is 13.0 Å². The second-order valence-electron chi connectivity index (χ2n) is 4.40. The largest absolute Gasteiger partial charge is 0.384 e. The molecule has 0 atom stereocenters. The summed E-state index contributed by atoms with van der Waals surface area (Å²) in [6.45, 7) is 3.29. The quantitative estimate of drug-likeness (QED) is 0.810. The molecule has 1 fully saturated rings. The smallest absolute Gasteiger partial charge is 0.0992 e. The summed E-state index contributed by atoms with van der Waals surface area (Å²) in [4.78, 5) is 0. The summed E-state index contributed by atoms with van der Waals surface area (Å²) in [6, 6.07) is 9.84. The molecule has 2 heteroatoms. The fourth-order valence-corrected chi connectivity index (χ4v) is 1.82. The van der Waals surface area contributed by atoms with Crippen molar-refractivity contribution >= 4 is 5.69 Å². The Morgan fingerprint density at radius 3 is 2.87 bits per heavy atom. The minimum Gasteiger partial charge on any atom is -0.384 e. The predicted octanol–water partition coefficient (Wildman–Crippen LogP) is 3.16. The van der Waals surface area contributed by atoms with Crippen molar-refractivity contribution in [2.24, 2.45) is 5.41 Å². The summed E-state index contributed by atoms with van der Waals surface area (Å²) in [5.41, 5.74) is 2.33. The summed E-state index contributed by atoms with van der Waals surface area (Å²) in [5.74, 6) is 0. The molecule has 1 N–H and O–H groups in total. The van der Waals surface area contributed by atoms with Crippen LogP contribution in [0.25, 0.3) is 0 Å². The van der Waals surface area contributed by atoms with Crippen molar-refractivity contribution in [1.29, 1.82) is 5.26 Å². The monoisotopic (exact) mass is 200 g/mol. The zero-order valence-electron chi connectivity index (χ0n) is 9.09. The van der Waals surface area contributed by atoms with E-state index in [1.54, 1.807) is 0 Å². The van der Waals surface area contributed by atoms with Gasteiger partial charge >= 0.3 is 0 Å². The number of hydrogen-bond donors (Lipinski definition) is 1. The molecular weight excluding hydrogens is 184 g/mol. The van der Waals surface area contributed by atoms with Crippen LogP contribution in [-0.4, -0.2) is 6.54 Å². The molecule has 2 nitrogen and oxygen atoms in total. The topological polar surface area (TPSA) is 35.8 Å². The van der Waals surface area contributed by atoms with Gasteiger partial charge < -0.3 is 5.32 Å². The number of nitriles is 1. The van der Waals surface area contributed by atoms with Crippen molar-refractivity contribution in [3.63, 3.8) is 0 Å². The third-order valence-electron chi connectivity index (χ3n) is 3.37. The second-order valence-corrected chi connectivity index (χ2v) is 4.40. The Morgan fingerprint density at radius 1 is 1.47 bits per heavy atom. The summed E-state index contributed by atoms with van der Waals surface area (Å²) in [5, 5.41) is 12.2. The fraction of sp³-hybridized carbons (Fsp3) is 0.462. The first-order valence-electron chi connectivity index (χ1n) is 5.52. The first kappa shape index (κ1) is 10.0. The van der Waals surface area contributed by atoms with Gasteiger partial charge in [0.1, 0.15) is 0 Å². The number of anilines is 1. The Morgan fingerprint density at radius 2 is 2.27 bits per heavy atom. The van der Waals surface area contributed by atoms with Crippen LogP contribution >= 0.6 is 0 Å². The molecule has 0 unspecified atom stereocenters. The molecule has 0 saturated heterocycles.